The lowest BCUT2D eigenvalue weighted by Gasteiger charge is -2.09. The van der Waals surface area contributed by atoms with E-state index in [-0.39, 0.29) is 15.7 Å². The number of pyridine rings is 1. The predicted molar refractivity (Wildman–Crippen MR) is 78.9 cm³/mol. The second kappa shape index (κ2) is 5.48. The highest BCUT2D eigenvalue weighted by Gasteiger charge is 2.19. The number of hydrogen-bond acceptors (Lipinski definition) is 3. The van der Waals surface area contributed by atoms with E-state index in [9.17, 15) is 8.42 Å². The van der Waals surface area contributed by atoms with Gasteiger partial charge in [0.2, 0.25) is 0 Å². The van der Waals surface area contributed by atoms with Gasteiger partial charge >= 0.3 is 0 Å². The second-order valence-corrected chi connectivity index (χ2v) is 6.76. The van der Waals surface area contributed by atoms with Crippen LogP contribution >= 0.6 is 27.5 Å². The molecule has 1 aromatic carbocycles. The molecule has 0 aliphatic rings. The van der Waals surface area contributed by atoms with Crippen LogP contribution in [0, 0.1) is 6.92 Å². The van der Waals surface area contributed by atoms with Crippen molar-refractivity contribution < 1.29 is 8.42 Å². The Hall–Kier alpha value is -1.11. The highest BCUT2D eigenvalue weighted by atomic mass is 79.9. The van der Waals surface area contributed by atoms with Gasteiger partial charge in [0.25, 0.3) is 10.0 Å². The number of aromatic nitrogens is 1. The number of aryl methyl sites for hydroxylation is 1. The third-order valence-electron chi connectivity index (χ3n) is 2.36. The number of hydrogen-bond donors (Lipinski definition) is 1. The number of benzene rings is 1. The van der Waals surface area contributed by atoms with Gasteiger partial charge in [0.05, 0.1) is 5.02 Å². The van der Waals surface area contributed by atoms with Crippen LogP contribution in [0.25, 0.3) is 0 Å². The summed E-state index contributed by atoms with van der Waals surface area (Å²) in [6.07, 6.45) is 1.58. The van der Waals surface area contributed by atoms with Crippen LogP contribution in [0.3, 0.4) is 0 Å². The molecule has 19 heavy (non-hydrogen) atoms. The van der Waals surface area contributed by atoms with E-state index in [2.05, 4.69) is 25.6 Å². The number of rotatable bonds is 3. The van der Waals surface area contributed by atoms with Crippen molar-refractivity contribution in [2.24, 2.45) is 0 Å². The highest BCUT2D eigenvalue weighted by molar-refractivity contribution is 9.10. The molecule has 0 bridgehead atoms. The molecule has 0 saturated heterocycles. The molecule has 0 unspecified atom stereocenters. The molecule has 7 heteroatoms. The average Bonchev–Trinajstić information content (AvgIpc) is 2.35. The van der Waals surface area contributed by atoms with Crippen molar-refractivity contribution >= 4 is 43.4 Å². The van der Waals surface area contributed by atoms with Crippen LogP contribution in [0.15, 0.2) is 45.9 Å². The molecule has 1 aromatic heterocycles. The molecule has 4 nitrogen and oxygen atoms in total. The molecule has 1 N–H and O–H groups in total. The molecular formula is C12H10BrClN2O2S. The van der Waals surface area contributed by atoms with Gasteiger partial charge in [0.1, 0.15) is 10.7 Å². The molecule has 2 rings (SSSR count). The van der Waals surface area contributed by atoms with Crippen molar-refractivity contribution in [1.82, 2.24) is 4.98 Å². The molecule has 0 spiro atoms. The molecule has 0 saturated carbocycles. The van der Waals surface area contributed by atoms with E-state index in [4.69, 9.17) is 11.6 Å². The summed E-state index contributed by atoms with van der Waals surface area (Å²) in [6.45, 7) is 1.87. The summed E-state index contributed by atoms with van der Waals surface area (Å²) in [5.41, 5.74) is 0.948. The zero-order chi connectivity index (χ0) is 14.0. The zero-order valence-corrected chi connectivity index (χ0v) is 13.1. The molecule has 1 heterocycles. The fraction of sp³-hybridized carbons (Fsp3) is 0.0833. The van der Waals surface area contributed by atoms with Crippen molar-refractivity contribution in [3.05, 3.63) is 51.6 Å². The third-order valence-corrected chi connectivity index (χ3v) is 5.16. The molecular weight excluding hydrogens is 352 g/mol. The Morgan fingerprint density at radius 1 is 1.26 bits per heavy atom. The van der Waals surface area contributed by atoms with Crippen molar-refractivity contribution in [1.29, 1.82) is 0 Å². The molecule has 0 aliphatic heterocycles. The minimum Gasteiger partial charge on any atom is -0.263 e. The Bertz CT molecular complexity index is 702. The first-order chi connectivity index (χ1) is 8.90. The van der Waals surface area contributed by atoms with Gasteiger partial charge in [-0.15, -0.1) is 0 Å². The van der Waals surface area contributed by atoms with Gasteiger partial charge in [0.15, 0.2) is 0 Å². The van der Waals surface area contributed by atoms with E-state index in [1.165, 1.54) is 6.07 Å². The van der Waals surface area contributed by atoms with Crippen LogP contribution in [0.4, 0.5) is 5.82 Å². The Labute approximate surface area is 125 Å². The smallest absolute Gasteiger partial charge is 0.263 e. The van der Waals surface area contributed by atoms with Crippen LogP contribution in [-0.4, -0.2) is 13.4 Å². The van der Waals surface area contributed by atoms with Crippen LogP contribution in [-0.2, 0) is 10.0 Å². The Kier molecular flexibility index (Phi) is 4.13. The molecule has 2 aromatic rings. The molecule has 0 fully saturated rings. The quantitative estimate of drug-likeness (QED) is 0.908. The SMILES string of the molecule is Cc1ccc(NS(=O)(=O)c2cccc(Br)c2Cl)nc1. The van der Waals surface area contributed by atoms with Gasteiger partial charge in [-0.2, -0.15) is 0 Å². The van der Waals surface area contributed by atoms with Gasteiger partial charge in [0, 0.05) is 10.7 Å². The van der Waals surface area contributed by atoms with Crippen molar-refractivity contribution in [3.8, 4) is 0 Å². The number of anilines is 1. The Morgan fingerprint density at radius 3 is 2.63 bits per heavy atom. The monoisotopic (exact) mass is 360 g/mol. The van der Waals surface area contributed by atoms with Crippen molar-refractivity contribution in [2.75, 3.05) is 4.72 Å². The fourth-order valence-electron chi connectivity index (χ4n) is 1.41. The minimum absolute atomic E-state index is 0.00548. The first-order valence-electron chi connectivity index (χ1n) is 5.29. The van der Waals surface area contributed by atoms with Crippen LogP contribution in [0.5, 0.6) is 0 Å². The normalized spacial score (nSPS) is 11.3. The largest absolute Gasteiger partial charge is 0.264 e. The van der Waals surface area contributed by atoms with Crippen molar-refractivity contribution in [3.63, 3.8) is 0 Å². The lowest BCUT2D eigenvalue weighted by Crippen LogP contribution is -2.14. The Balaban J connectivity index is 2.38. The fourth-order valence-corrected chi connectivity index (χ4v) is 3.45. The molecule has 0 atom stereocenters. The predicted octanol–water partition coefficient (Wildman–Crippen LogP) is 3.61. The van der Waals surface area contributed by atoms with E-state index < -0.39 is 10.0 Å². The summed E-state index contributed by atoms with van der Waals surface area (Å²) in [4.78, 5) is 4.00. The molecule has 0 amide bonds. The van der Waals surface area contributed by atoms with E-state index in [1.54, 1.807) is 30.5 Å². The van der Waals surface area contributed by atoms with Gasteiger partial charge in [-0.25, -0.2) is 13.4 Å². The van der Waals surface area contributed by atoms with Crippen LogP contribution in [0.2, 0.25) is 5.02 Å². The lowest BCUT2D eigenvalue weighted by molar-refractivity contribution is 0.601. The summed E-state index contributed by atoms with van der Waals surface area (Å²) in [7, 11) is -3.75. The minimum atomic E-state index is -3.75. The average molecular weight is 362 g/mol. The highest BCUT2D eigenvalue weighted by Crippen LogP contribution is 2.30. The van der Waals surface area contributed by atoms with Gasteiger partial charge < -0.3 is 0 Å². The Morgan fingerprint density at radius 2 is 2.00 bits per heavy atom. The maximum absolute atomic E-state index is 12.2. The lowest BCUT2D eigenvalue weighted by atomic mass is 10.3. The zero-order valence-electron chi connectivity index (χ0n) is 9.89. The van der Waals surface area contributed by atoms with Crippen molar-refractivity contribution in [2.45, 2.75) is 11.8 Å². The van der Waals surface area contributed by atoms with E-state index in [0.29, 0.717) is 4.47 Å². The standard InChI is InChI=1S/C12H10BrClN2O2S/c1-8-5-6-11(15-7-8)16-19(17,18)10-4-2-3-9(13)12(10)14/h2-7H,1H3,(H,15,16). The maximum Gasteiger partial charge on any atom is 0.264 e. The molecule has 100 valence electrons. The summed E-state index contributed by atoms with van der Waals surface area (Å²) >= 11 is 9.18. The molecule has 0 aliphatic carbocycles. The topological polar surface area (TPSA) is 59.1 Å². The van der Waals surface area contributed by atoms with E-state index in [1.807, 2.05) is 6.92 Å². The van der Waals surface area contributed by atoms with E-state index >= 15 is 0 Å². The van der Waals surface area contributed by atoms with Crippen LogP contribution in [0.1, 0.15) is 5.56 Å². The number of halogens is 2. The first-order valence-corrected chi connectivity index (χ1v) is 7.95. The van der Waals surface area contributed by atoms with E-state index in [0.717, 1.165) is 5.56 Å². The third kappa shape index (κ3) is 3.26. The van der Waals surface area contributed by atoms with Gasteiger partial charge in [-0.3, -0.25) is 4.72 Å². The number of sulfonamides is 1. The summed E-state index contributed by atoms with van der Waals surface area (Å²) in [5.74, 6) is 0.252. The number of nitrogens with zero attached hydrogens (tertiary/aromatic N) is 1. The summed E-state index contributed by atoms with van der Waals surface area (Å²) < 4.78 is 27.3. The molecule has 0 radical (unpaired) electrons. The van der Waals surface area contributed by atoms with Crippen LogP contribution < -0.4 is 4.72 Å². The second-order valence-electron chi connectivity index (χ2n) is 3.88. The van der Waals surface area contributed by atoms with Gasteiger partial charge in [-0.05, 0) is 46.6 Å². The summed E-state index contributed by atoms with van der Waals surface area (Å²) in [5, 5.41) is 0.141. The number of nitrogens with one attached hydrogen (secondary N) is 1. The first kappa shape index (κ1) is 14.3. The summed E-state index contributed by atoms with van der Waals surface area (Å²) in [6, 6.07) is 8.08. The maximum atomic E-state index is 12.2. The van der Waals surface area contributed by atoms with Gasteiger partial charge in [-0.1, -0.05) is 23.7 Å².